The Hall–Kier alpha value is -1.10. The van der Waals surface area contributed by atoms with Gasteiger partial charge in [-0.25, -0.2) is 9.59 Å². The zero-order valence-corrected chi connectivity index (χ0v) is 9.17. The molecule has 0 aromatic rings. The molecule has 82 valence electrons. The molecule has 0 aromatic carbocycles. The van der Waals surface area contributed by atoms with Crippen LogP contribution in [0.15, 0.2) is 0 Å². The summed E-state index contributed by atoms with van der Waals surface area (Å²) in [7, 11) is 1.40. The van der Waals surface area contributed by atoms with Crippen molar-refractivity contribution < 1.29 is 19.4 Å². The van der Waals surface area contributed by atoms with Crippen LogP contribution >= 0.6 is 0 Å². The van der Waals surface area contributed by atoms with Gasteiger partial charge in [0.05, 0.1) is 0 Å². The molecule has 0 amide bonds. The number of carboxylic acid groups (broad SMARTS) is 1. The van der Waals surface area contributed by atoms with E-state index in [0.717, 1.165) is 0 Å². The van der Waals surface area contributed by atoms with E-state index in [1.54, 1.807) is 20.8 Å². The largest absolute Gasteiger partial charge is 0.479 e. The molecule has 0 saturated heterocycles. The van der Waals surface area contributed by atoms with Crippen LogP contribution in [-0.2, 0) is 14.3 Å². The lowest BCUT2D eigenvalue weighted by Crippen LogP contribution is -2.56. The van der Waals surface area contributed by atoms with Crippen LogP contribution in [0.3, 0.4) is 0 Å². The summed E-state index contributed by atoms with van der Waals surface area (Å²) < 4.78 is 4.97. The van der Waals surface area contributed by atoms with Crippen LogP contribution in [0.5, 0.6) is 0 Å². The Morgan fingerprint density at radius 1 is 1.21 bits per heavy atom. The molecule has 5 heteroatoms. The number of hydrogen-bond acceptors (Lipinski definition) is 4. The van der Waals surface area contributed by atoms with Gasteiger partial charge in [0.1, 0.15) is 5.60 Å². The van der Waals surface area contributed by atoms with Gasteiger partial charge in [-0.15, -0.1) is 0 Å². The number of nitrogens with one attached hydrogen (secondary N) is 1. The fourth-order valence-electron chi connectivity index (χ4n) is 0.676. The summed E-state index contributed by atoms with van der Waals surface area (Å²) >= 11 is 0. The number of ether oxygens (including phenoxy) is 1. The molecule has 0 fully saturated rings. The number of esters is 1. The maximum Gasteiger partial charge on any atom is 0.338 e. The van der Waals surface area contributed by atoms with Crippen molar-refractivity contribution in [2.75, 3.05) is 7.05 Å². The first kappa shape index (κ1) is 12.9. The summed E-state index contributed by atoms with van der Waals surface area (Å²) in [6, 6.07) is 0. The Morgan fingerprint density at radius 2 is 1.64 bits per heavy atom. The number of carbonyl (C=O) groups excluding carboxylic acids is 1. The van der Waals surface area contributed by atoms with Gasteiger partial charge in [0.25, 0.3) is 0 Å². The number of likely N-dealkylation sites (N-methyl/N-ethyl adjacent to an activating group) is 1. The molecule has 0 bridgehead atoms. The Bertz CT molecular complexity index is 244. The number of carboxylic acids is 1. The SMILES string of the molecule is CN[C@@](C)(C(=O)O)C(=O)OC(C)(C)C. The molecule has 0 heterocycles. The summed E-state index contributed by atoms with van der Waals surface area (Å²) in [6.07, 6.45) is 0. The number of rotatable bonds is 3. The summed E-state index contributed by atoms with van der Waals surface area (Å²) in [4.78, 5) is 22.3. The summed E-state index contributed by atoms with van der Waals surface area (Å²) in [5.74, 6) is -2.05. The van der Waals surface area contributed by atoms with Gasteiger partial charge in [-0.3, -0.25) is 5.32 Å². The molecule has 0 aliphatic heterocycles. The molecule has 0 aromatic heterocycles. The Kier molecular flexibility index (Phi) is 3.65. The summed E-state index contributed by atoms with van der Waals surface area (Å²) in [6.45, 7) is 6.32. The van der Waals surface area contributed by atoms with Crippen LogP contribution in [0.4, 0.5) is 0 Å². The highest BCUT2D eigenvalue weighted by Gasteiger charge is 2.43. The van der Waals surface area contributed by atoms with Crippen molar-refractivity contribution in [3.63, 3.8) is 0 Å². The predicted molar refractivity (Wildman–Crippen MR) is 50.9 cm³/mol. The second-order valence-electron chi connectivity index (χ2n) is 4.18. The molecule has 14 heavy (non-hydrogen) atoms. The van der Waals surface area contributed by atoms with Gasteiger partial charge in [0, 0.05) is 0 Å². The molecule has 0 unspecified atom stereocenters. The highest BCUT2D eigenvalue weighted by atomic mass is 16.6. The Balaban J connectivity index is 4.73. The normalized spacial score (nSPS) is 15.8. The fourth-order valence-corrected chi connectivity index (χ4v) is 0.676. The lowest BCUT2D eigenvalue weighted by atomic mass is 10.0. The third-order valence-corrected chi connectivity index (χ3v) is 1.73. The van der Waals surface area contributed by atoms with Crippen molar-refractivity contribution in [3.05, 3.63) is 0 Å². The fraction of sp³-hybridized carbons (Fsp3) is 0.778. The third kappa shape index (κ3) is 2.99. The number of hydrogen-bond donors (Lipinski definition) is 2. The van der Waals surface area contributed by atoms with Crippen molar-refractivity contribution in [1.29, 1.82) is 0 Å². The minimum atomic E-state index is -1.69. The molecule has 0 saturated carbocycles. The average Bonchev–Trinajstić information content (AvgIpc) is 1.99. The topological polar surface area (TPSA) is 75.6 Å². The lowest BCUT2D eigenvalue weighted by molar-refractivity contribution is -0.169. The van der Waals surface area contributed by atoms with E-state index in [4.69, 9.17) is 9.84 Å². The third-order valence-electron chi connectivity index (χ3n) is 1.73. The van der Waals surface area contributed by atoms with Gasteiger partial charge in [-0.1, -0.05) is 0 Å². The molecular weight excluding hydrogens is 186 g/mol. The maximum absolute atomic E-state index is 11.5. The summed E-state index contributed by atoms with van der Waals surface area (Å²) in [5.41, 5.74) is -2.38. The van der Waals surface area contributed by atoms with E-state index in [1.165, 1.54) is 14.0 Å². The molecule has 0 aliphatic carbocycles. The van der Waals surface area contributed by atoms with Gasteiger partial charge in [-0.05, 0) is 34.7 Å². The number of aliphatic carboxylic acids is 1. The van der Waals surface area contributed by atoms with E-state index in [1.807, 2.05) is 0 Å². The van der Waals surface area contributed by atoms with Gasteiger partial charge >= 0.3 is 11.9 Å². The second kappa shape index (κ2) is 3.96. The average molecular weight is 203 g/mol. The Morgan fingerprint density at radius 3 is 1.86 bits per heavy atom. The van der Waals surface area contributed by atoms with Crippen LogP contribution < -0.4 is 5.32 Å². The smallest absolute Gasteiger partial charge is 0.338 e. The van der Waals surface area contributed by atoms with Crippen LogP contribution in [-0.4, -0.2) is 35.2 Å². The van der Waals surface area contributed by atoms with Crippen LogP contribution in [0, 0.1) is 0 Å². The molecule has 0 radical (unpaired) electrons. The van der Waals surface area contributed by atoms with Gasteiger partial charge in [-0.2, -0.15) is 0 Å². The highest BCUT2D eigenvalue weighted by Crippen LogP contribution is 2.14. The van der Waals surface area contributed by atoms with Crippen molar-refractivity contribution in [2.24, 2.45) is 0 Å². The van der Waals surface area contributed by atoms with E-state index < -0.39 is 23.1 Å². The molecule has 1 atom stereocenters. The Labute approximate surface area is 83.4 Å². The van der Waals surface area contributed by atoms with Crippen molar-refractivity contribution in [3.8, 4) is 0 Å². The van der Waals surface area contributed by atoms with E-state index in [-0.39, 0.29) is 0 Å². The molecule has 5 nitrogen and oxygen atoms in total. The molecule has 0 rings (SSSR count). The first-order chi connectivity index (χ1) is 6.13. The monoisotopic (exact) mass is 203 g/mol. The molecule has 2 N–H and O–H groups in total. The van der Waals surface area contributed by atoms with Crippen molar-refractivity contribution in [1.82, 2.24) is 5.32 Å². The van der Waals surface area contributed by atoms with Gasteiger partial charge in [0.15, 0.2) is 0 Å². The zero-order valence-electron chi connectivity index (χ0n) is 9.17. The minimum absolute atomic E-state index is 0.690. The first-order valence-corrected chi connectivity index (χ1v) is 4.29. The summed E-state index contributed by atoms with van der Waals surface area (Å²) in [5, 5.41) is 11.3. The van der Waals surface area contributed by atoms with Crippen LogP contribution in [0.25, 0.3) is 0 Å². The van der Waals surface area contributed by atoms with E-state index in [2.05, 4.69) is 5.32 Å². The van der Waals surface area contributed by atoms with Gasteiger partial charge < -0.3 is 9.84 Å². The highest BCUT2D eigenvalue weighted by molar-refractivity contribution is 6.03. The zero-order chi connectivity index (χ0) is 11.6. The van der Waals surface area contributed by atoms with Crippen molar-refractivity contribution in [2.45, 2.75) is 38.8 Å². The standard InChI is InChI=1S/C9H17NO4/c1-8(2,3)14-7(13)9(4,10-5)6(11)12/h10H,1-5H3,(H,11,12)/t9-/m0/s1. The minimum Gasteiger partial charge on any atom is -0.479 e. The maximum atomic E-state index is 11.5. The van der Waals surface area contributed by atoms with Crippen LogP contribution in [0.1, 0.15) is 27.7 Å². The van der Waals surface area contributed by atoms with Crippen LogP contribution in [0.2, 0.25) is 0 Å². The van der Waals surface area contributed by atoms with Gasteiger partial charge in [0.2, 0.25) is 5.54 Å². The quantitative estimate of drug-likeness (QED) is 0.512. The predicted octanol–water partition coefficient (Wildman–Crippen LogP) is 0.391. The lowest BCUT2D eigenvalue weighted by Gasteiger charge is -2.27. The molecule has 0 spiro atoms. The van der Waals surface area contributed by atoms with Crippen molar-refractivity contribution >= 4 is 11.9 Å². The van der Waals surface area contributed by atoms with E-state index in [0.29, 0.717) is 0 Å². The number of carbonyl (C=O) groups is 2. The first-order valence-electron chi connectivity index (χ1n) is 4.29. The van der Waals surface area contributed by atoms with E-state index in [9.17, 15) is 9.59 Å². The van der Waals surface area contributed by atoms with E-state index >= 15 is 0 Å². The molecular formula is C9H17NO4. The molecule has 0 aliphatic rings. The second-order valence-corrected chi connectivity index (χ2v) is 4.18.